The standard InChI is InChI=1S/C12H11N5S/c1-8-3-2-4-9(5-8)12-13-10(7-18-12)6-11-14-16-17-15-11/h2-5,7H,6H2,1H3,(H,14,15,16,17). The lowest BCUT2D eigenvalue weighted by atomic mass is 10.1. The molecule has 0 bridgehead atoms. The summed E-state index contributed by atoms with van der Waals surface area (Å²) in [5.74, 6) is 0.663. The van der Waals surface area contributed by atoms with Crippen LogP contribution in [0, 0.1) is 6.92 Å². The molecule has 18 heavy (non-hydrogen) atoms. The molecule has 1 N–H and O–H groups in total. The van der Waals surface area contributed by atoms with Crippen LogP contribution in [0.5, 0.6) is 0 Å². The molecule has 0 aliphatic heterocycles. The summed E-state index contributed by atoms with van der Waals surface area (Å²) in [7, 11) is 0. The monoisotopic (exact) mass is 257 g/mol. The lowest BCUT2D eigenvalue weighted by Gasteiger charge is -1.97. The van der Waals surface area contributed by atoms with E-state index < -0.39 is 0 Å². The first kappa shape index (κ1) is 11.0. The molecule has 0 radical (unpaired) electrons. The van der Waals surface area contributed by atoms with Crippen LogP contribution in [0.2, 0.25) is 0 Å². The van der Waals surface area contributed by atoms with E-state index in [0.29, 0.717) is 12.2 Å². The SMILES string of the molecule is Cc1cccc(-c2nc(Cc3nn[nH]n3)cs2)c1. The van der Waals surface area contributed by atoms with Gasteiger partial charge < -0.3 is 0 Å². The third-order valence-corrected chi connectivity index (χ3v) is 3.49. The Balaban J connectivity index is 1.85. The summed E-state index contributed by atoms with van der Waals surface area (Å²) in [5, 5.41) is 16.9. The van der Waals surface area contributed by atoms with Crippen molar-refractivity contribution in [2.45, 2.75) is 13.3 Å². The van der Waals surface area contributed by atoms with E-state index in [1.807, 2.05) is 11.4 Å². The Morgan fingerprint density at radius 2 is 2.28 bits per heavy atom. The van der Waals surface area contributed by atoms with Crippen molar-refractivity contribution in [2.24, 2.45) is 0 Å². The number of nitrogens with one attached hydrogen (secondary N) is 1. The van der Waals surface area contributed by atoms with Crippen molar-refractivity contribution in [3.05, 3.63) is 46.7 Å². The van der Waals surface area contributed by atoms with Gasteiger partial charge in [0.1, 0.15) is 5.01 Å². The summed E-state index contributed by atoms with van der Waals surface area (Å²) in [6.07, 6.45) is 0.610. The summed E-state index contributed by atoms with van der Waals surface area (Å²) in [6, 6.07) is 8.34. The number of aryl methyl sites for hydroxylation is 1. The molecule has 0 atom stereocenters. The lowest BCUT2D eigenvalue weighted by Crippen LogP contribution is -1.91. The number of rotatable bonds is 3. The highest BCUT2D eigenvalue weighted by atomic mass is 32.1. The Morgan fingerprint density at radius 1 is 1.33 bits per heavy atom. The smallest absolute Gasteiger partial charge is 0.180 e. The van der Waals surface area contributed by atoms with Crippen LogP contribution in [0.15, 0.2) is 29.6 Å². The fourth-order valence-electron chi connectivity index (χ4n) is 1.72. The summed E-state index contributed by atoms with van der Waals surface area (Å²) in [6.45, 7) is 2.08. The third kappa shape index (κ3) is 2.28. The van der Waals surface area contributed by atoms with E-state index in [4.69, 9.17) is 0 Å². The van der Waals surface area contributed by atoms with E-state index in [2.05, 4.69) is 50.7 Å². The molecular weight excluding hydrogens is 246 g/mol. The maximum absolute atomic E-state index is 4.59. The van der Waals surface area contributed by atoms with Gasteiger partial charge in [0, 0.05) is 10.9 Å². The topological polar surface area (TPSA) is 67.3 Å². The zero-order valence-corrected chi connectivity index (χ0v) is 10.6. The van der Waals surface area contributed by atoms with Crippen LogP contribution in [0.25, 0.3) is 10.6 Å². The Hall–Kier alpha value is -2.08. The van der Waals surface area contributed by atoms with Crippen LogP contribution in [0.1, 0.15) is 17.1 Å². The van der Waals surface area contributed by atoms with Gasteiger partial charge in [0.2, 0.25) is 0 Å². The van der Waals surface area contributed by atoms with Gasteiger partial charge in [-0.3, -0.25) is 0 Å². The molecule has 0 saturated heterocycles. The predicted molar refractivity (Wildman–Crippen MR) is 69.3 cm³/mol. The van der Waals surface area contributed by atoms with Gasteiger partial charge in [-0.25, -0.2) is 4.98 Å². The number of aromatic nitrogens is 5. The number of tetrazole rings is 1. The predicted octanol–water partition coefficient (Wildman–Crippen LogP) is 2.22. The summed E-state index contributed by atoms with van der Waals surface area (Å²) >= 11 is 1.64. The quantitative estimate of drug-likeness (QED) is 0.781. The van der Waals surface area contributed by atoms with Crippen LogP contribution in [-0.2, 0) is 6.42 Å². The molecule has 0 unspecified atom stereocenters. The molecule has 90 valence electrons. The van der Waals surface area contributed by atoms with Crippen molar-refractivity contribution in [2.75, 3.05) is 0 Å². The molecule has 3 rings (SSSR count). The van der Waals surface area contributed by atoms with Crippen LogP contribution in [0.4, 0.5) is 0 Å². The van der Waals surface area contributed by atoms with Gasteiger partial charge in [-0.2, -0.15) is 5.21 Å². The summed E-state index contributed by atoms with van der Waals surface area (Å²) < 4.78 is 0. The van der Waals surface area contributed by atoms with E-state index in [-0.39, 0.29) is 0 Å². The molecule has 0 aliphatic rings. The molecule has 5 nitrogen and oxygen atoms in total. The van der Waals surface area contributed by atoms with Crippen molar-refractivity contribution in [3.8, 4) is 10.6 Å². The molecule has 0 spiro atoms. The second-order valence-electron chi connectivity index (χ2n) is 4.02. The Labute approximate surface area is 108 Å². The van der Waals surface area contributed by atoms with Crippen LogP contribution >= 0.6 is 11.3 Å². The highest BCUT2D eigenvalue weighted by molar-refractivity contribution is 7.13. The van der Waals surface area contributed by atoms with E-state index >= 15 is 0 Å². The van der Waals surface area contributed by atoms with Crippen molar-refractivity contribution < 1.29 is 0 Å². The highest BCUT2D eigenvalue weighted by Gasteiger charge is 2.07. The Morgan fingerprint density at radius 3 is 3.06 bits per heavy atom. The van der Waals surface area contributed by atoms with Gasteiger partial charge in [-0.1, -0.05) is 29.0 Å². The second-order valence-corrected chi connectivity index (χ2v) is 4.88. The molecule has 0 saturated carbocycles. The van der Waals surface area contributed by atoms with E-state index in [1.54, 1.807) is 11.3 Å². The fourth-order valence-corrected chi connectivity index (χ4v) is 2.53. The third-order valence-electron chi connectivity index (χ3n) is 2.55. The van der Waals surface area contributed by atoms with Crippen LogP contribution in [0.3, 0.4) is 0 Å². The van der Waals surface area contributed by atoms with Gasteiger partial charge in [-0.05, 0) is 13.0 Å². The number of aromatic amines is 1. The Kier molecular flexibility index (Phi) is 2.85. The van der Waals surface area contributed by atoms with Gasteiger partial charge in [-0.15, -0.1) is 21.5 Å². The van der Waals surface area contributed by atoms with Crippen LogP contribution in [-0.4, -0.2) is 25.6 Å². The van der Waals surface area contributed by atoms with Gasteiger partial charge >= 0.3 is 0 Å². The molecule has 6 heteroatoms. The number of benzene rings is 1. The largest absolute Gasteiger partial charge is 0.241 e. The first-order valence-electron chi connectivity index (χ1n) is 5.55. The molecule has 1 aromatic carbocycles. The van der Waals surface area contributed by atoms with Gasteiger partial charge in [0.05, 0.1) is 12.1 Å². The van der Waals surface area contributed by atoms with Crippen molar-refractivity contribution in [3.63, 3.8) is 0 Å². The number of hydrogen-bond donors (Lipinski definition) is 1. The molecule has 0 aliphatic carbocycles. The van der Waals surface area contributed by atoms with E-state index in [1.165, 1.54) is 5.56 Å². The second kappa shape index (κ2) is 4.66. The molecular formula is C12H11N5S. The first-order chi connectivity index (χ1) is 8.81. The molecule has 2 aromatic heterocycles. The van der Waals surface area contributed by atoms with Crippen molar-refractivity contribution in [1.82, 2.24) is 25.6 Å². The minimum absolute atomic E-state index is 0.610. The minimum Gasteiger partial charge on any atom is -0.241 e. The average molecular weight is 257 g/mol. The van der Waals surface area contributed by atoms with E-state index in [9.17, 15) is 0 Å². The first-order valence-corrected chi connectivity index (χ1v) is 6.43. The molecule has 2 heterocycles. The normalized spacial score (nSPS) is 10.7. The summed E-state index contributed by atoms with van der Waals surface area (Å²) in [4.78, 5) is 4.59. The lowest BCUT2D eigenvalue weighted by molar-refractivity contribution is 0.881. The maximum Gasteiger partial charge on any atom is 0.180 e. The number of H-pyrrole nitrogens is 1. The zero-order chi connectivity index (χ0) is 12.4. The van der Waals surface area contributed by atoms with Crippen molar-refractivity contribution >= 4 is 11.3 Å². The fraction of sp³-hybridized carbons (Fsp3) is 0.167. The van der Waals surface area contributed by atoms with Crippen molar-refractivity contribution in [1.29, 1.82) is 0 Å². The number of thiazole rings is 1. The number of nitrogens with zero attached hydrogens (tertiary/aromatic N) is 4. The minimum atomic E-state index is 0.610. The van der Waals surface area contributed by atoms with E-state index in [0.717, 1.165) is 16.3 Å². The highest BCUT2D eigenvalue weighted by Crippen LogP contribution is 2.24. The molecule has 0 fully saturated rings. The Bertz CT molecular complexity index is 644. The van der Waals surface area contributed by atoms with Gasteiger partial charge in [0.15, 0.2) is 5.82 Å². The summed E-state index contributed by atoms with van der Waals surface area (Å²) in [5.41, 5.74) is 3.36. The molecule has 0 amide bonds. The molecule has 3 aromatic rings. The van der Waals surface area contributed by atoms with Gasteiger partial charge in [0.25, 0.3) is 0 Å². The average Bonchev–Trinajstić information content (AvgIpc) is 3.01. The number of hydrogen-bond acceptors (Lipinski definition) is 5. The maximum atomic E-state index is 4.59. The zero-order valence-electron chi connectivity index (χ0n) is 9.79. The van der Waals surface area contributed by atoms with Crippen LogP contribution < -0.4 is 0 Å².